The summed E-state index contributed by atoms with van der Waals surface area (Å²) in [5.74, 6) is 1.51. The van der Waals surface area contributed by atoms with Gasteiger partial charge in [-0.05, 0) is 69.0 Å². The Kier molecular flexibility index (Phi) is 6.79. The highest BCUT2D eigenvalue weighted by Gasteiger charge is 2.30. The number of aryl methyl sites for hydroxylation is 1. The number of fused-ring (bicyclic) bond motifs is 1. The zero-order valence-corrected chi connectivity index (χ0v) is 21.9. The first kappa shape index (κ1) is 25.3. The minimum atomic E-state index is -0.630. The third-order valence-corrected chi connectivity index (χ3v) is 6.06. The highest BCUT2D eigenvalue weighted by Crippen LogP contribution is 2.34. The number of rotatable bonds is 8. The third kappa shape index (κ3) is 5.96. The van der Waals surface area contributed by atoms with Crippen LogP contribution in [0.5, 0.6) is 5.88 Å². The normalized spacial score (nSPS) is 14.2. The lowest BCUT2D eigenvalue weighted by Gasteiger charge is -2.24. The van der Waals surface area contributed by atoms with Crippen molar-refractivity contribution in [3.63, 3.8) is 0 Å². The number of alkyl carbamates (subject to hydrolysis) is 1. The standard InChI is InChI=1S/C28H31N5O5/c1-17-24(20-12-13-33-21(14-20)15-23(31-33)30-25(34)19-10-11-19)26(32-38-17)36-16-22(18-8-6-5-7-9-18)29-27(35)37-28(2,3)4/h5-9,12-15,19,22H,10-11,16H2,1-4H3,(H,29,35)(H,30,31,34)/t22-/m1/s1. The largest absolute Gasteiger partial charge is 0.472 e. The lowest BCUT2D eigenvalue weighted by Crippen LogP contribution is -2.37. The average Bonchev–Trinajstić information content (AvgIpc) is 3.55. The van der Waals surface area contributed by atoms with E-state index in [2.05, 4.69) is 20.9 Å². The summed E-state index contributed by atoms with van der Waals surface area (Å²) in [7, 11) is 0. The van der Waals surface area contributed by atoms with E-state index in [-0.39, 0.29) is 18.4 Å². The Bertz CT molecular complexity index is 1450. The van der Waals surface area contributed by atoms with Crippen LogP contribution in [0.25, 0.3) is 16.6 Å². The number of anilines is 1. The van der Waals surface area contributed by atoms with E-state index in [9.17, 15) is 9.59 Å². The van der Waals surface area contributed by atoms with Crippen LogP contribution in [0.2, 0.25) is 0 Å². The van der Waals surface area contributed by atoms with Gasteiger partial charge in [0, 0.05) is 18.2 Å². The second-order valence-corrected chi connectivity index (χ2v) is 10.4. The molecule has 10 nitrogen and oxygen atoms in total. The van der Waals surface area contributed by atoms with Gasteiger partial charge in [0.15, 0.2) is 5.82 Å². The Labute approximate surface area is 220 Å². The lowest BCUT2D eigenvalue weighted by atomic mass is 10.1. The van der Waals surface area contributed by atoms with Crippen LogP contribution < -0.4 is 15.4 Å². The molecular formula is C28H31N5O5. The van der Waals surface area contributed by atoms with E-state index in [0.29, 0.717) is 23.0 Å². The van der Waals surface area contributed by atoms with Gasteiger partial charge in [-0.15, -0.1) is 0 Å². The Morgan fingerprint density at radius 3 is 2.63 bits per heavy atom. The van der Waals surface area contributed by atoms with Gasteiger partial charge in [0.25, 0.3) is 5.88 Å². The quantitative estimate of drug-likeness (QED) is 0.326. The van der Waals surface area contributed by atoms with Crippen molar-refractivity contribution in [2.45, 2.75) is 52.2 Å². The van der Waals surface area contributed by atoms with Crippen LogP contribution in [0.1, 0.15) is 51.0 Å². The van der Waals surface area contributed by atoms with Crippen LogP contribution in [0.15, 0.2) is 59.3 Å². The number of pyridine rings is 1. The van der Waals surface area contributed by atoms with Gasteiger partial charge in [-0.1, -0.05) is 30.3 Å². The van der Waals surface area contributed by atoms with Crippen LogP contribution in [0.4, 0.5) is 10.6 Å². The van der Waals surface area contributed by atoms with Crippen molar-refractivity contribution >= 4 is 23.3 Å². The Morgan fingerprint density at radius 1 is 1.16 bits per heavy atom. The molecule has 1 fully saturated rings. The highest BCUT2D eigenvalue weighted by molar-refractivity contribution is 5.93. The smallest absolute Gasteiger partial charge is 0.408 e. The number of benzene rings is 1. The van der Waals surface area contributed by atoms with Crippen LogP contribution in [-0.4, -0.2) is 39.0 Å². The molecule has 0 spiro atoms. The number of nitrogens with one attached hydrogen (secondary N) is 2. The van der Waals surface area contributed by atoms with E-state index in [4.69, 9.17) is 14.0 Å². The number of amides is 2. The summed E-state index contributed by atoms with van der Waals surface area (Å²) < 4.78 is 18.7. The zero-order chi connectivity index (χ0) is 26.9. The van der Waals surface area contributed by atoms with Gasteiger partial charge in [0.05, 0.1) is 17.1 Å². The van der Waals surface area contributed by atoms with Gasteiger partial charge in [-0.3, -0.25) is 4.79 Å². The summed E-state index contributed by atoms with van der Waals surface area (Å²) in [6, 6.07) is 14.7. The fraction of sp³-hybridized carbons (Fsp3) is 0.357. The maximum absolute atomic E-state index is 12.5. The van der Waals surface area contributed by atoms with Gasteiger partial charge in [0.1, 0.15) is 18.0 Å². The summed E-state index contributed by atoms with van der Waals surface area (Å²) in [6.07, 6.45) is 3.13. The maximum Gasteiger partial charge on any atom is 0.408 e. The fourth-order valence-corrected chi connectivity index (χ4v) is 4.08. The molecule has 3 heterocycles. The highest BCUT2D eigenvalue weighted by atomic mass is 16.6. The summed E-state index contributed by atoms with van der Waals surface area (Å²) in [5.41, 5.74) is 2.55. The molecule has 4 aromatic rings. The second-order valence-electron chi connectivity index (χ2n) is 10.4. The molecule has 38 heavy (non-hydrogen) atoms. The summed E-state index contributed by atoms with van der Waals surface area (Å²) in [6.45, 7) is 7.35. The van der Waals surface area contributed by atoms with E-state index >= 15 is 0 Å². The van der Waals surface area contributed by atoms with Crippen molar-refractivity contribution in [2.24, 2.45) is 5.92 Å². The second kappa shape index (κ2) is 10.2. The summed E-state index contributed by atoms with van der Waals surface area (Å²) in [5, 5.41) is 14.3. The molecule has 1 aliphatic carbocycles. The van der Waals surface area contributed by atoms with Crippen LogP contribution in [0.3, 0.4) is 0 Å². The van der Waals surface area contributed by atoms with Crippen LogP contribution in [-0.2, 0) is 9.53 Å². The van der Waals surface area contributed by atoms with Gasteiger partial charge in [-0.25, -0.2) is 9.31 Å². The number of carbonyl (C=O) groups is 2. The number of aromatic nitrogens is 3. The first-order chi connectivity index (χ1) is 18.2. The lowest BCUT2D eigenvalue weighted by molar-refractivity contribution is -0.117. The molecule has 0 radical (unpaired) electrons. The number of hydrogen-bond donors (Lipinski definition) is 2. The molecule has 0 bridgehead atoms. The van der Waals surface area contributed by atoms with E-state index in [1.807, 2.05) is 82.4 Å². The van der Waals surface area contributed by atoms with Crippen molar-refractivity contribution in [2.75, 3.05) is 11.9 Å². The number of nitrogens with zero attached hydrogens (tertiary/aromatic N) is 3. The molecular weight excluding hydrogens is 486 g/mol. The molecule has 10 heteroatoms. The molecule has 2 amide bonds. The van der Waals surface area contributed by atoms with Crippen LogP contribution >= 0.6 is 0 Å². The molecule has 1 aliphatic rings. The first-order valence-electron chi connectivity index (χ1n) is 12.6. The van der Waals surface area contributed by atoms with E-state index in [1.54, 1.807) is 4.52 Å². The molecule has 1 atom stereocenters. The molecule has 5 rings (SSSR count). The maximum atomic E-state index is 12.5. The first-order valence-corrected chi connectivity index (χ1v) is 12.6. The minimum Gasteiger partial charge on any atom is -0.472 e. The van der Waals surface area contributed by atoms with Gasteiger partial charge in [-0.2, -0.15) is 5.10 Å². The van der Waals surface area contributed by atoms with E-state index in [0.717, 1.165) is 29.5 Å². The average molecular weight is 518 g/mol. The molecule has 0 unspecified atom stereocenters. The Morgan fingerprint density at radius 2 is 1.92 bits per heavy atom. The predicted octanol–water partition coefficient (Wildman–Crippen LogP) is 5.29. The molecule has 3 aromatic heterocycles. The Balaban J connectivity index is 1.35. The zero-order valence-electron chi connectivity index (χ0n) is 21.9. The predicted molar refractivity (Wildman–Crippen MR) is 141 cm³/mol. The minimum absolute atomic E-state index is 0.00663. The topological polar surface area (TPSA) is 120 Å². The monoisotopic (exact) mass is 517 g/mol. The molecule has 198 valence electrons. The summed E-state index contributed by atoms with van der Waals surface area (Å²) in [4.78, 5) is 24.7. The number of carbonyl (C=O) groups excluding carboxylic acids is 2. The fourth-order valence-electron chi connectivity index (χ4n) is 4.08. The van der Waals surface area contributed by atoms with E-state index in [1.165, 1.54) is 0 Å². The van der Waals surface area contributed by atoms with Crippen molar-refractivity contribution in [1.82, 2.24) is 20.1 Å². The molecule has 0 aliphatic heterocycles. The number of ether oxygens (including phenoxy) is 2. The Hall–Kier alpha value is -4.34. The summed E-state index contributed by atoms with van der Waals surface area (Å²) >= 11 is 0. The third-order valence-electron chi connectivity index (χ3n) is 6.06. The van der Waals surface area contributed by atoms with Crippen molar-refractivity contribution in [3.05, 3.63) is 66.1 Å². The van der Waals surface area contributed by atoms with E-state index < -0.39 is 17.7 Å². The van der Waals surface area contributed by atoms with Gasteiger partial charge < -0.3 is 24.6 Å². The molecule has 1 saturated carbocycles. The van der Waals surface area contributed by atoms with Crippen LogP contribution in [0, 0.1) is 12.8 Å². The SMILES string of the molecule is Cc1onc(OC[C@@H](NC(=O)OC(C)(C)C)c2ccccc2)c1-c1ccn2nc(NC(=O)C3CC3)cc2c1. The van der Waals surface area contributed by atoms with Crippen molar-refractivity contribution in [3.8, 4) is 17.0 Å². The molecule has 1 aromatic carbocycles. The van der Waals surface area contributed by atoms with Crippen molar-refractivity contribution < 1.29 is 23.6 Å². The molecule has 0 saturated heterocycles. The van der Waals surface area contributed by atoms with Crippen molar-refractivity contribution in [1.29, 1.82) is 0 Å². The number of hydrogen-bond acceptors (Lipinski definition) is 7. The molecule has 2 N–H and O–H groups in total. The van der Waals surface area contributed by atoms with Gasteiger partial charge in [0.2, 0.25) is 5.91 Å². The van der Waals surface area contributed by atoms with Gasteiger partial charge >= 0.3 is 6.09 Å².